The third-order valence-electron chi connectivity index (χ3n) is 3.18. The molecule has 1 heterocycles. The smallest absolute Gasteiger partial charge is 0.262 e. The van der Waals surface area contributed by atoms with Crippen LogP contribution < -0.4 is 0 Å². The van der Waals surface area contributed by atoms with Crippen LogP contribution in [-0.2, 0) is 0 Å². The number of fused-ring (bicyclic) bond motifs is 3. The van der Waals surface area contributed by atoms with Crippen LogP contribution in [0.3, 0.4) is 0 Å². The Morgan fingerprint density at radius 1 is 1.00 bits per heavy atom. The Kier molecular flexibility index (Phi) is 2.01. The molecule has 0 spiro atoms. The number of hydrogen-bond donors (Lipinski definition) is 0. The number of carbonyl (C=O) groups excluding carboxylic acids is 2. The highest BCUT2D eigenvalue weighted by molar-refractivity contribution is 6.26. The molecule has 17 heavy (non-hydrogen) atoms. The minimum absolute atomic E-state index is 0.177. The van der Waals surface area contributed by atoms with Gasteiger partial charge in [0, 0.05) is 6.54 Å². The van der Waals surface area contributed by atoms with Gasteiger partial charge in [-0.15, -0.1) is 0 Å². The van der Waals surface area contributed by atoms with E-state index >= 15 is 0 Å². The van der Waals surface area contributed by atoms with E-state index in [0.717, 1.165) is 10.8 Å². The van der Waals surface area contributed by atoms with Crippen LogP contribution in [0.2, 0.25) is 0 Å². The highest BCUT2D eigenvalue weighted by atomic mass is 16.2. The summed E-state index contributed by atoms with van der Waals surface area (Å²) in [7, 11) is 0. The van der Waals surface area contributed by atoms with Crippen LogP contribution in [0.5, 0.6) is 0 Å². The van der Waals surface area contributed by atoms with E-state index in [1.54, 1.807) is 6.07 Å². The van der Waals surface area contributed by atoms with Crippen molar-refractivity contribution >= 4 is 22.6 Å². The average molecular weight is 225 g/mol. The number of imide groups is 1. The van der Waals surface area contributed by atoms with Gasteiger partial charge in [-0.1, -0.05) is 30.3 Å². The van der Waals surface area contributed by atoms with Gasteiger partial charge in [0.25, 0.3) is 11.8 Å². The summed E-state index contributed by atoms with van der Waals surface area (Å²) in [6, 6.07) is 11.3. The van der Waals surface area contributed by atoms with E-state index in [1.807, 2.05) is 37.3 Å². The van der Waals surface area contributed by atoms with Crippen LogP contribution >= 0.6 is 0 Å². The molecule has 1 aliphatic heterocycles. The molecule has 1 aliphatic rings. The summed E-state index contributed by atoms with van der Waals surface area (Å²) in [4.78, 5) is 25.4. The molecular weight excluding hydrogens is 214 g/mol. The van der Waals surface area contributed by atoms with E-state index in [-0.39, 0.29) is 11.8 Å². The maximum atomic E-state index is 12.2. The van der Waals surface area contributed by atoms with Gasteiger partial charge < -0.3 is 0 Å². The van der Waals surface area contributed by atoms with Crippen molar-refractivity contribution in [2.75, 3.05) is 6.54 Å². The molecule has 3 nitrogen and oxygen atoms in total. The molecule has 2 aromatic rings. The molecule has 0 N–H and O–H groups in total. The number of rotatable bonds is 1. The first kappa shape index (κ1) is 10.0. The monoisotopic (exact) mass is 225 g/mol. The molecule has 0 atom stereocenters. The maximum absolute atomic E-state index is 12.2. The zero-order valence-corrected chi connectivity index (χ0v) is 9.43. The van der Waals surface area contributed by atoms with Gasteiger partial charge in [0.15, 0.2) is 0 Å². The van der Waals surface area contributed by atoms with E-state index in [2.05, 4.69) is 0 Å². The average Bonchev–Trinajstić information content (AvgIpc) is 2.61. The van der Waals surface area contributed by atoms with E-state index < -0.39 is 0 Å². The second-order valence-corrected chi connectivity index (χ2v) is 4.06. The van der Waals surface area contributed by atoms with Crippen molar-refractivity contribution in [3.8, 4) is 0 Å². The molecule has 0 aromatic heterocycles. The van der Waals surface area contributed by atoms with E-state index in [9.17, 15) is 9.59 Å². The standard InChI is InChI=1S/C14H11NO2/c1-2-15-13(16)11-8-7-9-5-3-4-6-10(9)12(11)14(15)17/h3-8H,2H2,1H3. The molecule has 2 amide bonds. The van der Waals surface area contributed by atoms with E-state index in [4.69, 9.17) is 0 Å². The van der Waals surface area contributed by atoms with Crippen molar-refractivity contribution in [2.24, 2.45) is 0 Å². The predicted molar refractivity (Wildman–Crippen MR) is 65.0 cm³/mol. The highest BCUT2D eigenvalue weighted by Gasteiger charge is 2.35. The summed E-state index contributed by atoms with van der Waals surface area (Å²) in [6.45, 7) is 2.23. The SMILES string of the molecule is CCN1C(=O)c2ccc3ccccc3c2C1=O. The Labute approximate surface area is 98.6 Å². The summed E-state index contributed by atoms with van der Waals surface area (Å²) in [6.07, 6.45) is 0. The van der Waals surface area contributed by atoms with Crippen LogP contribution in [0.15, 0.2) is 36.4 Å². The van der Waals surface area contributed by atoms with Crippen molar-refractivity contribution < 1.29 is 9.59 Å². The molecular formula is C14H11NO2. The largest absolute Gasteiger partial charge is 0.275 e. The van der Waals surface area contributed by atoms with Gasteiger partial charge >= 0.3 is 0 Å². The zero-order chi connectivity index (χ0) is 12.0. The maximum Gasteiger partial charge on any atom is 0.262 e. The van der Waals surface area contributed by atoms with Crippen LogP contribution in [0.1, 0.15) is 27.6 Å². The van der Waals surface area contributed by atoms with Gasteiger partial charge in [0.2, 0.25) is 0 Å². The molecule has 3 rings (SSSR count). The summed E-state index contributed by atoms with van der Waals surface area (Å²) in [5.41, 5.74) is 1.07. The fourth-order valence-corrected chi connectivity index (χ4v) is 2.34. The Hall–Kier alpha value is -2.16. The Morgan fingerprint density at radius 3 is 2.53 bits per heavy atom. The zero-order valence-electron chi connectivity index (χ0n) is 9.43. The lowest BCUT2D eigenvalue weighted by atomic mass is 10.0. The first-order valence-electron chi connectivity index (χ1n) is 5.62. The highest BCUT2D eigenvalue weighted by Crippen LogP contribution is 2.29. The van der Waals surface area contributed by atoms with Crippen LogP contribution in [0, 0.1) is 0 Å². The number of amides is 2. The van der Waals surface area contributed by atoms with Gasteiger partial charge in [0.05, 0.1) is 11.1 Å². The molecule has 0 fully saturated rings. The molecule has 0 saturated heterocycles. The summed E-state index contributed by atoms with van der Waals surface area (Å²) < 4.78 is 0. The number of hydrogen-bond acceptors (Lipinski definition) is 2. The molecule has 3 heteroatoms. The van der Waals surface area contributed by atoms with Crippen molar-refractivity contribution in [1.29, 1.82) is 0 Å². The van der Waals surface area contributed by atoms with Gasteiger partial charge in [-0.3, -0.25) is 14.5 Å². The minimum atomic E-state index is -0.182. The van der Waals surface area contributed by atoms with Crippen molar-refractivity contribution in [1.82, 2.24) is 4.90 Å². The fourth-order valence-electron chi connectivity index (χ4n) is 2.34. The van der Waals surface area contributed by atoms with Gasteiger partial charge in [-0.25, -0.2) is 0 Å². The molecule has 0 unspecified atom stereocenters. The summed E-state index contributed by atoms with van der Waals surface area (Å²) in [5.74, 6) is -0.359. The van der Waals surface area contributed by atoms with Crippen LogP contribution in [0.25, 0.3) is 10.8 Å². The minimum Gasteiger partial charge on any atom is -0.275 e. The predicted octanol–water partition coefficient (Wildman–Crippen LogP) is 2.46. The third kappa shape index (κ3) is 1.22. The lowest BCUT2D eigenvalue weighted by Crippen LogP contribution is -2.29. The third-order valence-corrected chi connectivity index (χ3v) is 3.18. The quantitative estimate of drug-likeness (QED) is 0.699. The fraction of sp³-hybridized carbons (Fsp3) is 0.143. The number of carbonyl (C=O) groups is 2. The van der Waals surface area contributed by atoms with Crippen LogP contribution in [-0.4, -0.2) is 23.3 Å². The Bertz CT molecular complexity index is 646. The van der Waals surface area contributed by atoms with Gasteiger partial charge in [0.1, 0.15) is 0 Å². The molecule has 2 aromatic carbocycles. The summed E-state index contributed by atoms with van der Waals surface area (Å²) >= 11 is 0. The lowest BCUT2D eigenvalue weighted by Gasteiger charge is -2.09. The first-order chi connectivity index (χ1) is 8.24. The number of nitrogens with zero attached hydrogens (tertiary/aromatic N) is 1. The molecule has 84 valence electrons. The second kappa shape index (κ2) is 3.42. The van der Waals surface area contributed by atoms with Crippen LogP contribution in [0.4, 0.5) is 0 Å². The van der Waals surface area contributed by atoms with E-state index in [0.29, 0.717) is 17.7 Å². The molecule has 0 saturated carbocycles. The van der Waals surface area contributed by atoms with Gasteiger partial charge in [-0.05, 0) is 23.8 Å². The normalized spacial score (nSPS) is 14.5. The molecule has 0 bridgehead atoms. The number of benzene rings is 2. The Morgan fingerprint density at radius 2 is 1.76 bits per heavy atom. The van der Waals surface area contributed by atoms with E-state index in [1.165, 1.54) is 4.90 Å². The van der Waals surface area contributed by atoms with Gasteiger partial charge in [-0.2, -0.15) is 0 Å². The second-order valence-electron chi connectivity index (χ2n) is 4.06. The summed E-state index contributed by atoms with van der Waals surface area (Å²) in [5, 5.41) is 1.85. The molecule has 0 radical (unpaired) electrons. The topological polar surface area (TPSA) is 37.4 Å². The first-order valence-corrected chi connectivity index (χ1v) is 5.62. The Balaban J connectivity index is 2.37. The van der Waals surface area contributed by atoms with Crippen molar-refractivity contribution in [3.63, 3.8) is 0 Å². The molecule has 0 aliphatic carbocycles. The van der Waals surface area contributed by atoms with Crippen molar-refractivity contribution in [2.45, 2.75) is 6.92 Å². The lowest BCUT2D eigenvalue weighted by molar-refractivity contribution is 0.0663. The van der Waals surface area contributed by atoms with Crippen molar-refractivity contribution in [3.05, 3.63) is 47.5 Å².